The van der Waals surface area contributed by atoms with Crippen molar-refractivity contribution in [2.45, 2.75) is 12.8 Å². The molecular formula is C9H9N2O4-. The number of aryl methyl sites for hydroxylation is 1. The van der Waals surface area contributed by atoms with Crippen LogP contribution in [0.15, 0.2) is 18.2 Å². The van der Waals surface area contributed by atoms with E-state index < -0.39 is 10.9 Å². The number of nitro groups is 1. The Labute approximate surface area is 85.5 Å². The number of carboxylic acid groups (broad SMARTS) is 1. The van der Waals surface area contributed by atoms with Gasteiger partial charge in [0.25, 0.3) is 5.69 Å². The first kappa shape index (κ1) is 11.0. The molecule has 0 saturated carbocycles. The third kappa shape index (κ3) is 2.94. The molecule has 0 aliphatic rings. The van der Waals surface area contributed by atoms with E-state index in [-0.39, 0.29) is 24.2 Å². The molecule has 1 rings (SSSR count). The quantitative estimate of drug-likeness (QED) is 0.421. The van der Waals surface area contributed by atoms with Crippen molar-refractivity contribution >= 4 is 17.3 Å². The van der Waals surface area contributed by atoms with Gasteiger partial charge in [0.2, 0.25) is 0 Å². The van der Waals surface area contributed by atoms with Gasteiger partial charge < -0.3 is 15.6 Å². The highest BCUT2D eigenvalue weighted by Crippen LogP contribution is 2.22. The summed E-state index contributed by atoms with van der Waals surface area (Å²) in [6, 6.07) is 4.17. The van der Waals surface area contributed by atoms with Gasteiger partial charge in [-0.05, 0) is 18.9 Å². The molecule has 15 heavy (non-hydrogen) atoms. The van der Waals surface area contributed by atoms with Crippen LogP contribution in [0, 0.1) is 10.1 Å². The number of benzene rings is 1. The van der Waals surface area contributed by atoms with E-state index in [1.807, 2.05) is 0 Å². The van der Waals surface area contributed by atoms with Gasteiger partial charge in [-0.3, -0.25) is 10.1 Å². The summed E-state index contributed by atoms with van der Waals surface area (Å²) in [6.45, 7) is 0. The number of carbonyl (C=O) groups is 1. The highest BCUT2D eigenvalue weighted by molar-refractivity contribution is 5.65. The molecule has 1 aromatic carbocycles. The monoisotopic (exact) mass is 209 g/mol. The summed E-state index contributed by atoms with van der Waals surface area (Å²) in [6.07, 6.45) is -0.177. The number of nitrogen functional groups attached to an aromatic ring is 1. The van der Waals surface area contributed by atoms with Crippen molar-refractivity contribution in [3.05, 3.63) is 33.9 Å². The molecule has 0 saturated heterocycles. The molecule has 0 fully saturated rings. The van der Waals surface area contributed by atoms with Gasteiger partial charge in [0.15, 0.2) is 0 Å². The molecule has 0 bridgehead atoms. The van der Waals surface area contributed by atoms with Crippen LogP contribution in [0.1, 0.15) is 12.0 Å². The zero-order chi connectivity index (χ0) is 11.4. The maximum atomic E-state index is 10.6. The number of anilines is 1. The molecule has 0 atom stereocenters. The molecule has 80 valence electrons. The normalized spacial score (nSPS) is 9.87. The first-order chi connectivity index (χ1) is 7.00. The number of nitrogens with zero attached hydrogens (tertiary/aromatic N) is 1. The van der Waals surface area contributed by atoms with Gasteiger partial charge >= 0.3 is 0 Å². The van der Waals surface area contributed by atoms with E-state index in [9.17, 15) is 20.0 Å². The summed E-state index contributed by atoms with van der Waals surface area (Å²) in [4.78, 5) is 20.2. The predicted octanol–water partition coefficient (Wildman–Crippen LogP) is -0.140. The highest BCUT2D eigenvalue weighted by atomic mass is 16.6. The van der Waals surface area contributed by atoms with Crippen LogP contribution in [0.25, 0.3) is 0 Å². The van der Waals surface area contributed by atoms with Crippen molar-refractivity contribution in [2.24, 2.45) is 0 Å². The molecule has 0 aromatic heterocycles. The molecule has 2 N–H and O–H groups in total. The maximum absolute atomic E-state index is 10.6. The smallest absolute Gasteiger partial charge is 0.274 e. The summed E-state index contributed by atoms with van der Waals surface area (Å²) < 4.78 is 0. The first-order valence-corrected chi connectivity index (χ1v) is 4.23. The average Bonchev–Trinajstić information content (AvgIpc) is 2.15. The summed E-state index contributed by atoms with van der Waals surface area (Å²) in [7, 11) is 0. The van der Waals surface area contributed by atoms with Crippen molar-refractivity contribution in [1.82, 2.24) is 0 Å². The van der Waals surface area contributed by atoms with E-state index in [1.165, 1.54) is 18.2 Å². The number of carboxylic acids is 1. The molecule has 0 aliphatic heterocycles. The van der Waals surface area contributed by atoms with E-state index in [0.29, 0.717) is 5.56 Å². The lowest BCUT2D eigenvalue weighted by Gasteiger charge is -2.04. The van der Waals surface area contributed by atoms with Gasteiger partial charge in [-0.2, -0.15) is 0 Å². The minimum Gasteiger partial charge on any atom is -0.550 e. The van der Waals surface area contributed by atoms with Crippen molar-refractivity contribution in [3.63, 3.8) is 0 Å². The number of nitro benzene ring substituents is 1. The van der Waals surface area contributed by atoms with Gasteiger partial charge in [-0.15, -0.1) is 0 Å². The van der Waals surface area contributed by atoms with Gasteiger partial charge in [0, 0.05) is 23.3 Å². The van der Waals surface area contributed by atoms with E-state index in [1.54, 1.807) is 0 Å². The fourth-order valence-corrected chi connectivity index (χ4v) is 1.20. The summed E-state index contributed by atoms with van der Waals surface area (Å²) in [5.74, 6) is -1.24. The third-order valence-corrected chi connectivity index (χ3v) is 1.90. The topological polar surface area (TPSA) is 109 Å². The Bertz CT molecular complexity index is 403. The molecule has 0 heterocycles. The second-order valence-electron chi connectivity index (χ2n) is 3.02. The Morgan fingerprint density at radius 2 is 2.13 bits per heavy atom. The van der Waals surface area contributed by atoms with Crippen LogP contribution < -0.4 is 10.8 Å². The second kappa shape index (κ2) is 4.41. The summed E-state index contributed by atoms with van der Waals surface area (Å²) in [5.41, 5.74) is 5.85. The Morgan fingerprint density at radius 3 is 2.67 bits per heavy atom. The van der Waals surface area contributed by atoms with Gasteiger partial charge in [0.1, 0.15) is 0 Å². The van der Waals surface area contributed by atoms with Crippen molar-refractivity contribution < 1.29 is 14.8 Å². The van der Waals surface area contributed by atoms with Crippen LogP contribution in [0.5, 0.6) is 0 Å². The first-order valence-electron chi connectivity index (χ1n) is 4.23. The fraction of sp³-hybridized carbons (Fsp3) is 0.222. The lowest BCUT2D eigenvalue weighted by Crippen LogP contribution is -2.22. The summed E-state index contributed by atoms with van der Waals surface area (Å²) >= 11 is 0. The standard InChI is InChI=1S/C9H10N2O4/c10-7-3-1-6(2-4-9(12)13)8(5-7)11(14)15/h1,3,5H,2,4,10H2,(H,12,13)/p-1. The molecule has 0 unspecified atom stereocenters. The van der Waals surface area contributed by atoms with Crippen molar-refractivity contribution in [3.8, 4) is 0 Å². The van der Waals surface area contributed by atoms with Gasteiger partial charge in [-0.1, -0.05) is 6.07 Å². The molecule has 0 spiro atoms. The lowest BCUT2D eigenvalue weighted by molar-refractivity contribution is -0.385. The maximum Gasteiger partial charge on any atom is 0.274 e. The number of rotatable bonds is 4. The van der Waals surface area contributed by atoms with E-state index >= 15 is 0 Å². The lowest BCUT2D eigenvalue weighted by atomic mass is 10.1. The predicted molar refractivity (Wildman–Crippen MR) is 50.8 cm³/mol. The zero-order valence-electron chi connectivity index (χ0n) is 7.80. The number of aliphatic carboxylic acids is 1. The van der Waals surface area contributed by atoms with Crippen LogP contribution in [-0.4, -0.2) is 10.9 Å². The van der Waals surface area contributed by atoms with Crippen LogP contribution in [0.2, 0.25) is 0 Å². The number of hydrogen-bond acceptors (Lipinski definition) is 5. The van der Waals surface area contributed by atoms with Crippen LogP contribution in [0.4, 0.5) is 11.4 Å². The van der Waals surface area contributed by atoms with Crippen LogP contribution >= 0.6 is 0 Å². The minimum atomic E-state index is -1.24. The number of carbonyl (C=O) groups excluding carboxylic acids is 1. The molecule has 1 aromatic rings. The van der Waals surface area contributed by atoms with Crippen LogP contribution in [0.3, 0.4) is 0 Å². The largest absolute Gasteiger partial charge is 0.550 e. The SMILES string of the molecule is Nc1ccc(CCC(=O)[O-])c([N+](=O)[O-])c1. The average molecular weight is 209 g/mol. The Hall–Kier alpha value is -2.11. The van der Waals surface area contributed by atoms with E-state index in [2.05, 4.69) is 0 Å². The molecule has 0 radical (unpaired) electrons. The van der Waals surface area contributed by atoms with Crippen molar-refractivity contribution in [2.75, 3.05) is 5.73 Å². The van der Waals surface area contributed by atoms with Gasteiger partial charge in [-0.25, -0.2) is 0 Å². The van der Waals surface area contributed by atoms with Gasteiger partial charge in [0.05, 0.1) is 4.92 Å². The molecule has 0 amide bonds. The Balaban J connectivity index is 2.95. The van der Waals surface area contributed by atoms with Crippen molar-refractivity contribution in [1.29, 1.82) is 0 Å². The highest BCUT2D eigenvalue weighted by Gasteiger charge is 2.13. The minimum absolute atomic E-state index is 0.0684. The molecule has 6 nitrogen and oxygen atoms in total. The second-order valence-corrected chi connectivity index (χ2v) is 3.02. The Morgan fingerprint density at radius 1 is 1.47 bits per heavy atom. The molecule has 6 heteroatoms. The number of nitrogens with two attached hydrogens (primary N) is 1. The Kier molecular flexibility index (Phi) is 3.22. The molecular weight excluding hydrogens is 200 g/mol. The molecule has 0 aliphatic carbocycles. The third-order valence-electron chi connectivity index (χ3n) is 1.90. The number of hydrogen-bond donors (Lipinski definition) is 1. The fourth-order valence-electron chi connectivity index (χ4n) is 1.20. The van der Waals surface area contributed by atoms with E-state index in [4.69, 9.17) is 5.73 Å². The van der Waals surface area contributed by atoms with E-state index in [0.717, 1.165) is 0 Å². The summed E-state index contributed by atoms with van der Waals surface area (Å²) in [5, 5.41) is 20.8. The zero-order valence-corrected chi connectivity index (χ0v) is 7.80. The van der Waals surface area contributed by atoms with Crippen LogP contribution in [-0.2, 0) is 11.2 Å².